The van der Waals surface area contributed by atoms with Crippen molar-refractivity contribution in [2.75, 3.05) is 20.3 Å². The number of aliphatic hydroxyl groups is 1. The lowest BCUT2D eigenvalue weighted by atomic mass is 9.88. The molecule has 0 aliphatic heterocycles. The zero-order valence-corrected chi connectivity index (χ0v) is 11.8. The van der Waals surface area contributed by atoms with Crippen LogP contribution in [0.3, 0.4) is 0 Å². The maximum absolute atomic E-state index is 11.7. The number of carbonyl (C=O) groups is 1. The molecule has 0 unspecified atom stereocenters. The van der Waals surface area contributed by atoms with Crippen LogP contribution in [0, 0.1) is 5.41 Å². The number of nitrogens with one attached hydrogen (secondary N) is 1. The molecule has 0 rings (SSSR count). The molecule has 4 nitrogen and oxygen atoms in total. The molecule has 17 heavy (non-hydrogen) atoms. The first kappa shape index (κ1) is 16.4. The molecular weight excluding hydrogens is 218 g/mol. The van der Waals surface area contributed by atoms with E-state index in [-0.39, 0.29) is 17.9 Å². The van der Waals surface area contributed by atoms with E-state index < -0.39 is 5.60 Å². The van der Waals surface area contributed by atoms with Gasteiger partial charge < -0.3 is 15.2 Å². The first-order valence-electron chi connectivity index (χ1n) is 6.15. The minimum absolute atomic E-state index is 0.00826. The molecule has 0 aliphatic rings. The Labute approximate surface area is 105 Å². The molecule has 0 saturated heterocycles. The number of hydrogen-bond acceptors (Lipinski definition) is 3. The summed E-state index contributed by atoms with van der Waals surface area (Å²) in [5, 5.41) is 11.7. The van der Waals surface area contributed by atoms with Crippen molar-refractivity contribution < 1.29 is 14.6 Å². The summed E-state index contributed by atoms with van der Waals surface area (Å²) in [5.74, 6) is 0.00826. The Bertz CT molecular complexity index is 237. The maximum atomic E-state index is 11.7. The predicted octanol–water partition coefficient (Wildman–Crippen LogP) is 1.72. The van der Waals surface area contributed by atoms with E-state index in [1.165, 1.54) is 0 Å². The summed E-state index contributed by atoms with van der Waals surface area (Å²) >= 11 is 0. The Morgan fingerprint density at radius 3 is 2.35 bits per heavy atom. The summed E-state index contributed by atoms with van der Waals surface area (Å²) in [6.45, 7) is 8.79. The molecule has 0 atom stereocenters. The third kappa shape index (κ3) is 8.16. The fourth-order valence-electron chi connectivity index (χ4n) is 1.51. The molecule has 0 heterocycles. The van der Waals surface area contributed by atoms with Gasteiger partial charge in [-0.1, -0.05) is 13.8 Å². The molecule has 0 saturated carbocycles. The number of hydrogen-bond donors (Lipinski definition) is 2. The molecule has 102 valence electrons. The van der Waals surface area contributed by atoms with Crippen molar-refractivity contribution in [2.24, 2.45) is 5.41 Å². The van der Waals surface area contributed by atoms with Crippen LogP contribution in [-0.2, 0) is 9.53 Å². The Morgan fingerprint density at radius 1 is 1.29 bits per heavy atom. The lowest BCUT2D eigenvalue weighted by Gasteiger charge is -2.26. The van der Waals surface area contributed by atoms with Gasteiger partial charge in [0.05, 0.1) is 12.0 Å². The molecule has 0 bridgehead atoms. The Kier molecular flexibility index (Phi) is 6.72. The number of aliphatic hydroxyl groups excluding tert-OH is 1. The van der Waals surface area contributed by atoms with Crippen molar-refractivity contribution in [1.29, 1.82) is 0 Å². The van der Waals surface area contributed by atoms with Crippen LogP contribution < -0.4 is 5.32 Å². The van der Waals surface area contributed by atoms with E-state index in [2.05, 4.69) is 19.2 Å². The molecule has 1 amide bonds. The van der Waals surface area contributed by atoms with Crippen LogP contribution in [-0.4, -0.2) is 36.9 Å². The zero-order valence-electron chi connectivity index (χ0n) is 11.8. The number of amides is 1. The van der Waals surface area contributed by atoms with E-state index in [1.54, 1.807) is 7.11 Å². The summed E-state index contributed by atoms with van der Waals surface area (Å²) in [6, 6.07) is 0. The molecule has 2 N–H and O–H groups in total. The lowest BCUT2D eigenvalue weighted by molar-refractivity contribution is -0.126. The molecular formula is C13H27NO3. The molecule has 0 fully saturated rings. The monoisotopic (exact) mass is 245 g/mol. The van der Waals surface area contributed by atoms with Crippen LogP contribution in [0.15, 0.2) is 0 Å². The largest absolute Gasteiger partial charge is 0.396 e. The Balaban J connectivity index is 3.98. The van der Waals surface area contributed by atoms with Gasteiger partial charge in [-0.3, -0.25) is 4.79 Å². The van der Waals surface area contributed by atoms with Crippen LogP contribution in [0.5, 0.6) is 0 Å². The number of carbonyl (C=O) groups excluding carboxylic acids is 1. The fourth-order valence-corrected chi connectivity index (χ4v) is 1.51. The molecule has 0 spiro atoms. The van der Waals surface area contributed by atoms with Crippen LogP contribution >= 0.6 is 0 Å². The smallest absolute Gasteiger partial charge is 0.222 e. The van der Waals surface area contributed by atoms with E-state index in [0.717, 1.165) is 12.8 Å². The van der Waals surface area contributed by atoms with Gasteiger partial charge in [0.1, 0.15) is 0 Å². The van der Waals surface area contributed by atoms with Crippen molar-refractivity contribution >= 4 is 5.91 Å². The van der Waals surface area contributed by atoms with Crippen molar-refractivity contribution in [3.8, 4) is 0 Å². The van der Waals surface area contributed by atoms with E-state index in [9.17, 15) is 4.79 Å². The normalized spacial score (nSPS) is 12.6. The van der Waals surface area contributed by atoms with Crippen molar-refractivity contribution in [3.63, 3.8) is 0 Å². The highest BCUT2D eigenvalue weighted by Crippen LogP contribution is 2.21. The van der Waals surface area contributed by atoms with Crippen molar-refractivity contribution in [2.45, 2.75) is 52.6 Å². The van der Waals surface area contributed by atoms with Gasteiger partial charge in [-0.2, -0.15) is 0 Å². The second kappa shape index (κ2) is 6.97. The third-order valence-electron chi connectivity index (χ3n) is 2.91. The van der Waals surface area contributed by atoms with Crippen molar-refractivity contribution in [3.05, 3.63) is 0 Å². The van der Waals surface area contributed by atoms with Crippen LogP contribution in [0.1, 0.15) is 47.0 Å². The van der Waals surface area contributed by atoms with Gasteiger partial charge in [0.25, 0.3) is 0 Å². The van der Waals surface area contributed by atoms with Gasteiger partial charge in [-0.15, -0.1) is 0 Å². The van der Waals surface area contributed by atoms with E-state index in [0.29, 0.717) is 13.0 Å². The second-order valence-electron chi connectivity index (χ2n) is 5.91. The summed E-state index contributed by atoms with van der Waals surface area (Å²) < 4.78 is 5.21. The molecule has 0 aromatic rings. The van der Waals surface area contributed by atoms with Gasteiger partial charge >= 0.3 is 0 Å². The van der Waals surface area contributed by atoms with Crippen LogP contribution in [0.4, 0.5) is 0 Å². The molecule has 0 radical (unpaired) electrons. The van der Waals surface area contributed by atoms with Gasteiger partial charge in [0.2, 0.25) is 5.91 Å². The van der Waals surface area contributed by atoms with E-state index in [1.807, 2.05) is 13.8 Å². The SMILES string of the molecule is COC(C)(C)CC(=O)NCC(C)(C)CCCO. The first-order valence-corrected chi connectivity index (χ1v) is 6.15. The predicted molar refractivity (Wildman–Crippen MR) is 68.8 cm³/mol. The Hall–Kier alpha value is -0.610. The first-order chi connectivity index (χ1) is 7.72. The minimum Gasteiger partial charge on any atom is -0.396 e. The molecule has 4 heteroatoms. The summed E-state index contributed by atoms with van der Waals surface area (Å²) in [5.41, 5.74) is -0.394. The molecule has 0 aromatic carbocycles. The molecule has 0 aliphatic carbocycles. The number of ether oxygens (including phenoxy) is 1. The van der Waals surface area contributed by atoms with Gasteiger partial charge in [-0.05, 0) is 32.1 Å². The standard InChI is InChI=1S/C13H27NO3/c1-12(2,7-6-8-15)10-14-11(16)9-13(3,4)17-5/h15H,6-10H2,1-5H3,(H,14,16). The Morgan fingerprint density at radius 2 is 1.88 bits per heavy atom. The quantitative estimate of drug-likeness (QED) is 0.684. The maximum Gasteiger partial charge on any atom is 0.222 e. The van der Waals surface area contributed by atoms with Crippen LogP contribution in [0.25, 0.3) is 0 Å². The highest BCUT2D eigenvalue weighted by molar-refractivity contribution is 5.76. The average molecular weight is 245 g/mol. The summed E-state index contributed by atoms with van der Waals surface area (Å²) in [4.78, 5) is 11.7. The average Bonchev–Trinajstić information content (AvgIpc) is 2.23. The highest BCUT2D eigenvalue weighted by atomic mass is 16.5. The number of rotatable bonds is 8. The van der Waals surface area contributed by atoms with Crippen LogP contribution in [0.2, 0.25) is 0 Å². The van der Waals surface area contributed by atoms with Gasteiger partial charge in [-0.25, -0.2) is 0 Å². The fraction of sp³-hybridized carbons (Fsp3) is 0.923. The second-order valence-corrected chi connectivity index (χ2v) is 5.91. The van der Waals surface area contributed by atoms with Crippen molar-refractivity contribution in [1.82, 2.24) is 5.32 Å². The topological polar surface area (TPSA) is 58.6 Å². The van der Waals surface area contributed by atoms with Gasteiger partial charge in [0, 0.05) is 20.3 Å². The van der Waals surface area contributed by atoms with E-state index >= 15 is 0 Å². The number of methoxy groups -OCH3 is 1. The highest BCUT2D eigenvalue weighted by Gasteiger charge is 2.23. The lowest BCUT2D eigenvalue weighted by Crippen LogP contribution is -2.38. The third-order valence-corrected chi connectivity index (χ3v) is 2.91. The summed E-state index contributed by atoms with van der Waals surface area (Å²) in [6.07, 6.45) is 2.03. The van der Waals surface area contributed by atoms with Gasteiger partial charge in [0.15, 0.2) is 0 Å². The minimum atomic E-state index is -0.417. The summed E-state index contributed by atoms with van der Waals surface area (Å²) in [7, 11) is 1.61. The molecule has 0 aromatic heterocycles. The zero-order chi connectivity index (χ0) is 13.5. The van der Waals surface area contributed by atoms with E-state index in [4.69, 9.17) is 9.84 Å².